The normalized spacial score (nSPS) is 21.4. The Kier molecular flexibility index (Phi) is 4.65. The lowest BCUT2D eigenvalue weighted by molar-refractivity contribution is -0.104. The van der Waals surface area contributed by atoms with Crippen molar-refractivity contribution in [3.05, 3.63) is 41.5 Å². The van der Waals surface area contributed by atoms with E-state index in [1.54, 1.807) is 4.90 Å². The van der Waals surface area contributed by atoms with Crippen LogP contribution >= 0.6 is 0 Å². The number of carbonyl (C=O) groups is 1. The van der Waals surface area contributed by atoms with Crippen LogP contribution in [0.2, 0.25) is 0 Å². The summed E-state index contributed by atoms with van der Waals surface area (Å²) in [5.74, 6) is 0. The summed E-state index contributed by atoms with van der Waals surface area (Å²) in [4.78, 5) is 21.1. The van der Waals surface area contributed by atoms with E-state index in [9.17, 15) is 4.79 Å². The van der Waals surface area contributed by atoms with Gasteiger partial charge in [0.25, 0.3) is 0 Å². The van der Waals surface area contributed by atoms with Gasteiger partial charge < -0.3 is 24.0 Å². The fraction of sp³-hybridized carbons (Fsp3) is 0.500. The molecule has 0 saturated carbocycles. The Labute approximate surface area is 180 Å². The molecule has 0 spiro atoms. The summed E-state index contributed by atoms with van der Waals surface area (Å²) in [7, 11) is 0. The van der Waals surface area contributed by atoms with Crippen molar-refractivity contribution < 1.29 is 19.0 Å². The molecule has 31 heavy (non-hydrogen) atoms. The monoisotopic (exact) mass is 423 g/mol. The van der Waals surface area contributed by atoms with Crippen molar-refractivity contribution in [3.8, 4) is 0 Å². The van der Waals surface area contributed by atoms with Gasteiger partial charge in [0.05, 0.1) is 44.4 Å². The molecule has 3 fully saturated rings. The fourth-order valence-corrected chi connectivity index (χ4v) is 4.38. The molecule has 5 heterocycles. The maximum absolute atomic E-state index is 12.3. The van der Waals surface area contributed by atoms with Gasteiger partial charge in [-0.25, -0.2) is 4.79 Å². The maximum atomic E-state index is 12.3. The highest BCUT2D eigenvalue weighted by Gasteiger charge is 2.30. The van der Waals surface area contributed by atoms with Gasteiger partial charge in [0.15, 0.2) is 6.10 Å². The van der Waals surface area contributed by atoms with Crippen LogP contribution in [0, 0.1) is 0 Å². The fourth-order valence-electron chi connectivity index (χ4n) is 4.38. The molecule has 0 aromatic carbocycles. The summed E-state index contributed by atoms with van der Waals surface area (Å²) in [5, 5.41) is 4.52. The van der Waals surface area contributed by atoms with E-state index >= 15 is 0 Å². The number of ether oxygens (including phenoxy) is 3. The van der Waals surface area contributed by atoms with Crippen molar-refractivity contribution in [2.75, 3.05) is 57.5 Å². The highest BCUT2D eigenvalue weighted by Crippen LogP contribution is 2.36. The highest BCUT2D eigenvalue weighted by molar-refractivity contribution is 5.91. The number of aromatic nitrogens is 3. The zero-order valence-corrected chi connectivity index (χ0v) is 17.3. The van der Waals surface area contributed by atoms with Crippen LogP contribution in [0.3, 0.4) is 0 Å². The molecular weight excluding hydrogens is 398 g/mol. The second-order valence-electron chi connectivity index (χ2n) is 8.45. The molecule has 0 bridgehead atoms. The highest BCUT2D eigenvalue weighted by atomic mass is 16.6. The number of piperazine rings is 1. The van der Waals surface area contributed by atoms with Gasteiger partial charge in [0.2, 0.25) is 0 Å². The summed E-state index contributed by atoms with van der Waals surface area (Å²) in [5.41, 5.74) is 5.84. The van der Waals surface area contributed by atoms with E-state index in [0.717, 1.165) is 44.0 Å². The minimum atomic E-state index is -0.232. The lowest BCUT2D eigenvalue weighted by Gasteiger charge is -2.37. The van der Waals surface area contributed by atoms with Crippen molar-refractivity contribution >= 4 is 23.4 Å². The van der Waals surface area contributed by atoms with Gasteiger partial charge in [-0.15, -0.1) is 0 Å². The number of hydrogen-bond acceptors (Lipinski definition) is 7. The molecule has 2 aromatic heterocycles. The molecule has 162 valence electrons. The van der Waals surface area contributed by atoms with Crippen LogP contribution in [0.1, 0.15) is 22.9 Å². The third-order valence-electron chi connectivity index (χ3n) is 6.45. The van der Waals surface area contributed by atoms with E-state index in [2.05, 4.69) is 33.3 Å². The van der Waals surface area contributed by atoms with E-state index < -0.39 is 0 Å². The van der Waals surface area contributed by atoms with E-state index in [1.165, 1.54) is 16.8 Å². The quantitative estimate of drug-likeness (QED) is 0.739. The van der Waals surface area contributed by atoms with Gasteiger partial charge in [-0.05, 0) is 17.7 Å². The number of pyridine rings is 1. The molecule has 4 aliphatic rings. The maximum Gasteiger partial charge on any atom is 0.410 e. The Morgan fingerprint density at radius 2 is 1.90 bits per heavy atom. The second-order valence-corrected chi connectivity index (χ2v) is 8.45. The minimum Gasteiger partial charge on any atom is -0.441 e. The second kappa shape index (κ2) is 7.65. The van der Waals surface area contributed by atoms with Gasteiger partial charge in [0, 0.05) is 61.8 Å². The lowest BCUT2D eigenvalue weighted by atomic mass is 10.1. The van der Waals surface area contributed by atoms with Gasteiger partial charge in [-0.2, -0.15) is 5.10 Å². The van der Waals surface area contributed by atoms with Gasteiger partial charge in [0.1, 0.15) is 0 Å². The minimum absolute atomic E-state index is 0.0845. The first-order chi connectivity index (χ1) is 15.2. The molecule has 1 amide bonds. The van der Waals surface area contributed by atoms with Crippen molar-refractivity contribution in [1.82, 2.24) is 19.7 Å². The number of carbonyl (C=O) groups excluding carboxylic acids is 1. The average molecular weight is 423 g/mol. The number of allylic oxidation sites excluding steroid dienone is 1. The number of anilines is 1. The van der Waals surface area contributed by atoms with Crippen molar-refractivity contribution in [2.24, 2.45) is 0 Å². The Hall–Kier alpha value is -2.91. The van der Waals surface area contributed by atoms with Crippen LogP contribution in [-0.2, 0) is 20.6 Å². The Bertz CT molecular complexity index is 1020. The van der Waals surface area contributed by atoms with Gasteiger partial charge >= 0.3 is 6.09 Å². The third-order valence-corrected chi connectivity index (χ3v) is 6.45. The van der Waals surface area contributed by atoms with E-state index in [0.29, 0.717) is 32.3 Å². The molecule has 0 atom stereocenters. The molecule has 0 radical (unpaired) electrons. The number of hydrogen-bond donors (Lipinski definition) is 0. The van der Waals surface area contributed by atoms with E-state index in [4.69, 9.17) is 14.2 Å². The van der Waals surface area contributed by atoms with E-state index in [1.807, 2.05) is 17.1 Å². The smallest absolute Gasteiger partial charge is 0.410 e. The first-order valence-electron chi connectivity index (χ1n) is 10.8. The van der Waals surface area contributed by atoms with E-state index in [-0.39, 0.29) is 12.2 Å². The molecule has 1 aliphatic carbocycles. The topological polar surface area (TPSA) is 82.0 Å². The molecule has 3 aliphatic heterocycles. The van der Waals surface area contributed by atoms with Gasteiger partial charge in [-0.3, -0.25) is 9.67 Å². The molecular formula is C22H25N5O4. The molecule has 9 nitrogen and oxygen atoms in total. The van der Waals surface area contributed by atoms with Gasteiger partial charge in [-0.1, -0.05) is 0 Å². The van der Waals surface area contributed by atoms with Crippen LogP contribution in [0.4, 0.5) is 10.5 Å². The molecule has 3 saturated heterocycles. The van der Waals surface area contributed by atoms with Crippen LogP contribution in [0.15, 0.2) is 24.7 Å². The zero-order valence-electron chi connectivity index (χ0n) is 17.3. The predicted octanol–water partition coefficient (Wildman–Crippen LogP) is 1.60. The first kappa shape index (κ1) is 18.8. The first-order valence-corrected chi connectivity index (χ1v) is 10.8. The predicted molar refractivity (Wildman–Crippen MR) is 113 cm³/mol. The number of amides is 1. The summed E-state index contributed by atoms with van der Waals surface area (Å²) in [6, 6.07) is 2.43. The van der Waals surface area contributed by atoms with Crippen LogP contribution < -0.4 is 4.90 Å². The molecule has 2 aromatic rings. The Balaban J connectivity index is 1.15. The summed E-state index contributed by atoms with van der Waals surface area (Å²) in [6.07, 6.45) is 8.68. The van der Waals surface area contributed by atoms with Crippen molar-refractivity contribution in [3.63, 3.8) is 0 Å². The molecule has 0 unspecified atom stereocenters. The summed E-state index contributed by atoms with van der Waals surface area (Å²) < 4.78 is 17.8. The van der Waals surface area contributed by atoms with Crippen LogP contribution in [-0.4, -0.2) is 84.5 Å². The number of nitrogens with zero attached hydrogens (tertiary/aromatic N) is 5. The molecule has 6 rings (SSSR count). The lowest BCUT2D eigenvalue weighted by Crippen LogP contribution is -2.51. The van der Waals surface area contributed by atoms with Crippen molar-refractivity contribution in [2.45, 2.75) is 18.6 Å². The number of fused-ring (bicyclic) bond motifs is 1. The largest absolute Gasteiger partial charge is 0.441 e. The summed E-state index contributed by atoms with van der Waals surface area (Å²) in [6.45, 7) is 5.34. The number of rotatable bonds is 4. The standard InChI is InChI=1S/C22H25N5O4/c28-22(31-18-13-30-14-18)26-5-3-25(4-6-26)21-1-2-23-20-8-15(7-19(20)21)16-9-24-27(10-16)17-11-29-12-17/h1-2,7,9-10,17-18H,3-6,8,11-14H2. The summed E-state index contributed by atoms with van der Waals surface area (Å²) >= 11 is 0. The SMILES string of the molecule is O=C(OC1COC1)N1CCN(c2ccnc3c2C=C(c2cnn(C4COC4)c2)C3)CC1. The van der Waals surface area contributed by atoms with Crippen molar-refractivity contribution in [1.29, 1.82) is 0 Å². The molecule has 9 heteroatoms. The van der Waals surface area contributed by atoms with Crippen LogP contribution in [0.25, 0.3) is 11.6 Å². The Morgan fingerprint density at radius 1 is 1.10 bits per heavy atom. The average Bonchev–Trinajstić information content (AvgIpc) is 3.36. The Morgan fingerprint density at radius 3 is 2.61 bits per heavy atom. The van der Waals surface area contributed by atoms with Crippen LogP contribution in [0.5, 0.6) is 0 Å². The zero-order chi connectivity index (χ0) is 20.8. The molecule has 0 N–H and O–H groups in total. The third kappa shape index (κ3) is 3.47.